The van der Waals surface area contributed by atoms with Gasteiger partial charge in [0.05, 0.1) is 0 Å². The van der Waals surface area contributed by atoms with Crippen molar-refractivity contribution in [2.75, 3.05) is 0 Å². The Morgan fingerprint density at radius 1 is 1.00 bits per heavy atom. The molecule has 2 aliphatic rings. The van der Waals surface area contributed by atoms with Crippen molar-refractivity contribution in [3.05, 3.63) is 53.5 Å². The van der Waals surface area contributed by atoms with Crippen LogP contribution in [0.4, 0.5) is 0 Å². The van der Waals surface area contributed by atoms with Crippen LogP contribution in [0.2, 0.25) is 0 Å². The maximum Gasteiger partial charge on any atom is 0 e. The molecule has 96 valence electrons. The zero-order chi connectivity index (χ0) is 8.65. The van der Waals surface area contributed by atoms with Crippen LogP contribution < -0.4 is 0 Å². The van der Waals surface area contributed by atoms with Crippen LogP contribution in [0.1, 0.15) is 38.5 Å². The summed E-state index contributed by atoms with van der Waals surface area (Å²) in [4.78, 5) is 0. The van der Waals surface area contributed by atoms with Crippen molar-refractivity contribution in [1.82, 2.24) is 0 Å². The molecule has 0 aromatic carbocycles. The van der Waals surface area contributed by atoms with Crippen LogP contribution in [0, 0.1) is 41.2 Å². The molecule has 2 aliphatic carbocycles. The fourth-order valence-corrected chi connectivity index (χ4v) is 1.53. The summed E-state index contributed by atoms with van der Waals surface area (Å²) in [5.41, 5.74) is 0. The average molecular weight is 299 g/mol. The van der Waals surface area contributed by atoms with Gasteiger partial charge in [0, 0.05) is 26.2 Å². The predicted octanol–water partition coefficient (Wildman–Crippen LogP) is 5.05. The molecule has 0 bridgehead atoms. The smallest absolute Gasteiger partial charge is 0 e. The van der Waals surface area contributed by atoms with Crippen LogP contribution in [-0.2, 0) is 26.2 Å². The summed E-state index contributed by atoms with van der Waals surface area (Å²) < 4.78 is 0. The number of hydrogen-bond acceptors (Lipinski definition) is 0. The monoisotopic (exact) mass is 297 g/mol. The van der Waals surface area contributed by atoms with Gasteiger partial charge >= 0.3 is 0 Å². The quantitative estimate of drug-likeness (QED) is 0.549. The van der Waals surface area contributed by atoms with E-state index in [-0.39, 0.29) is 48.5 Å². The molecular formula is C15H27Zr-5. The Labute approximate surface area is 124 Å². The zero-order valence-corrected chi connectivity index (χ0v) is 13.7. The molecule has 0 aromatic rings. The summed E-state index contributed by atoms with van der Waals surface area (Å²) in [6.45, 7) is 4.00. The van der Waals surface area contributed by atoms with Crippen LogP contribution in [-0.4, -0.2) is 0 Å². The molecule has 2 rings (SSSR count). The van der Waals surface area contributed by atoms with E-state index in [9.17, 15) is 0 Å². The van der Waals surface area contributed by atoms with Gasteiger partial charge in [-0.15, -0.1) is 6.42 Å². The molecule has 0 spiro atoms. The van der Waals surface area contributed by atoms with Crippen molar-refractivity contribution in [1.29, 1.82) is 0 Å². The number of rotatable bonds is 0. The van der Waals surface area contributed by atoms with E-state index in [1.54, 1.807) is 0 Å². The third kappa shape index (κ3) is 14.4. The van der Waals surface area contributed by atoms with Gasteiger partial charge in [0.2, 0.25) is 0 Å². The molecule has 0 amide bonds. The first kappa shape index (κ1) is 25.3. The maximum absolute atomic E-state index is 4.00. The van der Waals surface area contributed by atoms with Crippen LogP contribution in [0.3, 0.4) is 0 Å². The Hall–Kier alpha value is 0.363. The third-order valence-corrected chi connectivity index (χ3v) is 2.31. The van der Waals surface area contributed by atoms with E-state index in [1.165, 1.54) is 32.1 Å². The van der Waals surface area contributed by atoms with Crippen molar-refractivity contribution < 1.29 is 26.2 Å². The molecule has 0 nitrogen and oxygen atoms in total. The van der Waals surface area contributed by atoms with Gasteiger partial charge in [-0.25, -0.2) is 12.2 Å². The van der Waals surface area contributed by atoms with Crippen LogP contribution in [0.25, 0.3) is 0 Å². The molecule has 0 unspecified atom stereocenters. The first-order valence-corrected chi connectivity index (χ1v) is 4.94. The second-order valence-electron chi connectivity index (χ2n) is 3.51. The molecule has 1 heteroatoms. The van der Waals surface area contributed by atoms with E-state index < -0.39 is 0 Å². The third-order valence-electron chi connectivity index (χ3n) is 2.31. The van der Waals surface area contributed by atoms with Crippen molar-refractivity contribution >= 4 is 0 Å². The van der Waals surface area contributed by atoms with Gasteiger partial charge in [0.15, 0.2) is 0 Å². The second-order valence-corrected chi connectivity index (χ2v) is 3.51. The molecule has 16 heavy (non-hydrogen) atoms. The van der Waals surface area contributed by atoms with Crippen molar-refractivity contribution in [2.24, 2.45) is 5.92 Å². The van der Waals surface area contributed by atoms with Gasteiger partial charge in [-0.1, -0.05) is 32.1 Å². The predicted molar refractivity (Wildman–Crippen MR) is 72.7 cm³/mol. The van der Waals surface area contributed by atoms with Gasteiger partial charge < -0.3 is 29.2 Å². The molecule has 0 N–H and O–H groups in total. The van der Waals surface area contributed by atoms with Gasteiger partial charge in [-0.2, -0.15) is 12.0 Å². The largest absolute Gasteiger partial charge is 0.358 e. The van der Waals surface area contributed by atoms with Crippen LogP contribution in [0.15, 0.2) is 18.2 Å². The van der Waals surface area contributed by atoms with Gasteiger partial charge in [-0.05, 0) is 0 Å². The minimum atomic E-state index is 0. The normalized spacial score (nSPS) is 16.6. The van der Waals surface area contributed by atoms with Crippen molar-refractivity contribution in [2.45, 2.75) is 38.5 Å². The van der Waals surface area contributed by atoms with Crippen LogP contribution >= 0.6 is 0 Å². The Kier molecular flexibility index (Phi) is 28.0. The van der Waals surface area contributed by atoms with Gasteiger partial charge in [-0.3, -0.25) is 6.08 Å². The minimum Gasteiger partial charge on any atom is -0.358 e. The molecule has 0 aliphatic heterocycles. The zero-order valence-electron chi connectivity index (χ0n) is 11.3. The van der Waals surface area contributed by atoms with E-state index in [4.69, 9.17) is 0 Å². The average Bonchev–Trinajstić information content (AvgIpc) is 2.62. The van der Waals surface area contributed by atoms with E-state index in [1.807, 2.05) is 12.2 Å². The maximum atomic E-state index is 4.00. The molecule has 1 saturated carbocycles. The Balaban J connectivity index is -0.0000000739. The van der Waals surface area contributed by atoms with E-state index >= 15 is 0 Å². The Bertz CT molecular complexity index is 143. The number of hydrogen-bond donors (Lipinski definition) is 0. The SMILES string of the molecule is [C-]1=CC=CC1.[CH2-]C1CCCCC1.[CH3-].[CH3-].[CH3-].[Zr]. The summed E-state index contributed by atoms with van der Waals surface area (Å²) >= 11 is 0. The Morgan fingerprint density at radius 3 is 1.75 bits per heavy atom. The summed E-state index contributed by atoms with van der Waals surface area (Å²) in [6.07, 6.45) is 17.0. The number of allylic oxidation sites excluding steroid dienone is 4. The second kappa shape index (κ2) is 17.7. The molecule has 1 fully saturated rings. The topological polar surface area (TPSA) is 0 Å². The fourth-order valence-electron chi connectivity index (χ4n) is 1.53. The summed E-state index contributed by atoms with van der Waals surface area (Å²) in [6, 6.07) is 0. The summed E-state index contributed by atoms with van der Waals surface area (Å²) in [5.74, 6) is 0.786. The summed E-state index contributed by atoms with van der Waals surface area (Å²) in [5, 5.41) is 0. The standard InChI is InChI=1S/C7H13.C5H5.3CH3.Zr/c1-7-5-3-2-4-6-7;1-2-4-5-3-1;;;;/h7H,1-6H2;1-3H,4H2;3*1H3;/q5*-1;. The fraction of sp³-hybridized carbons (Fsp3) is 0.467. The molecule has 0 radical (unpaired) electrons. The van der Waals surface area contributed by atoms with Gasteiger partial charge in [0.25, 0.3) is 0 Å². The molecule has 0 saturated heterocycles. The summed E-state index contributed by atoms with van der Waals surface area (Å²) in [7, 11) is 0. The van der Waals surface area contributed by atoms with Gasteiger partial charge in [0.1, 0.15) is 0 Å². The molecule has 0 atom stereocenters. The van der Waals surface area contributed by atoms with E-state index in [0.29, 0.717) is 0 Å². The minimum absolute atomic E-state index is 0. The van der Waals surface area contributed by atoms with Crippen molar-refractivity contribution in [3.8, 4) is 0 Å². The van der Waals surface area contributed by atoms with Crippen molar-refractivity contribution in [3.63, 3.8) is 0 Å². The molecule has 0 heterocycles. The first-order valence-electron chi connectivity index (χ1n) is 4.94. The molecular weight excluding hydrogens is 271 g/mol. The van der Waals surface area contributed by atoms with E-state index in [2.05, 4.69) is 19.1 Å². The Morgan fingerprint density at radius 2 is 1.56 bits per heavy atom. The molecule has 0 aromatic heterocycles. The first-order chi connectivity index (χ1) is 5.89. The van der Waals surface area contributed by atoms with Crippen LogP contribution in [0.5, 0.6) is 0 Å². The van der Waals surface area contributed by atoms with E-state index in [0.717, 1.165) is 12.3 Å².